The van der Waals surface area contributed by atoms with Crippen molar-refractivity contribution in [1.29, 1.82) is 0 Å². The predicted octanol–water partition coefficient (Wildman–Crippen LogP) is 0.847. The Morgan fingerprint density at radius 3 is 2.35 bits per heavy atom. The van der Waals surface area contributed by atoms with Gasteiger partial charge in [-0.1, -0.05) is 0 Å². The monoisotopic (exact) mass is 264 g/mol. The molecule has 17 heavy (non-hydrogen) atoms. The van der Waals surface area contributed by atoms with Gasteiger partial charge in [0.15, 0.2) is 11.5 Å². The molecule has 96 valence electrons. The molecule has 3 N–H and O–H groups in total. The maximum Gasteiger partial charge on any atom is 0.355 e. The molecule has 0 spiro atoms. The first-order valence-electron chi connectivity index (χ1n) is 4.80. The Morgan fingerprint density at radius 1 is 1.47 bits per heavy atom. The lowest BCUT2D eigenvalue weighted by atomic mass is 10.4. The van der Waals surface area contributed by atoms with Gasteiger partial charge in [-0.2, -0.15) is 0 Å². The van der Waals surface area contributed by atoms with E-state index in [1.165, 1.54) is 6.92 Å². The highest BCUT2D eigenvalue weighted by Gasteiger charge is 2.29. The molecule has 8 heteroatoms. The summed E-state index contributed by atoms with van der Waals surface area (Å²) in [4.78, 5) is 12.2. The zero-order chi connectivity index (χ0) is 13.4. The van der Waals surface area contributed by atoms with Crippen LogP contribution < -0.4 is 4.72 Å². The summed E-state index contributed by atoms with van der Waals surface area (Å²) in [5.74, 6) is -2.82. The molecule has 0 saturated heterocycles. The van der Waals surface area contributed by atoms with E-state index in [-0.39, 0.29) is 5.69 Å². The quantitative estimate of drug-likeness (QED) is 0.750. The van der Waals surface area contributed by atoms with Gasteiger partial charge in [-0.05, 0) is 20.8 Å². The average Bonchev–Trinajstić information content (AvgIpc) is 2.39. The maximum absolute atomic E-state index is 13.7. The summed E-state index contributed by atoms with van der Waals surface area (Å²) in [6, 6.07) is -0.415. The summed E-state index contributed by atoms with van der Waals surface area (Å²) in [6.07, 6.45) is 0. The molecule has 0 aliphatic carbocycles. The van der Waals surface area contributed by atoms with Crippen LogP contribution in [0.2, 0.25) is 0 Å². The van der Waals surface area contributed by atoms with Crippen molar-refractivity contribution in [1.82, 2.24) is 9.71 Å². The van der Waals surface area contributed by atoms with Crippen LogP contribution in [0.25, 0.3) is 0 Å². The Bertz CT molecular complexity index is 548. The molecule has 0 bridgehead atoms. The van der Waals surface area contributed by atoms with E-state index in [4.69, 9.17) is 5.11 Å². The molecule has 0 amide bonds. The molecule has 0 aliphatic rings. The molecule has 0 saturated carbocycles. The minimum Gasteiger partial charge on any atom is -0.476 e. The third-order valence-electron chi connectivity index (χ3n) is 1.95. The molecule has 0 aliphatic heterocycles. The first kappa shape index (κ1) is 13.7. The van der Waals surface area contributed by atoms with Gasteiger partial charge in [-0.3, -0.25) is 0 Å². The van der Waals surface area contributed by atoms with Crippen molar-refractivity contribution in [3.63, 3.8) is 0 Å². The lowest BCUT2D eigenvalue weighted by Crippen LogP contribution is -2.31. The van der Waals surface area contributed by atoms with Crippen molar-refractivity contribution in [2.24, 2.45) is 0 Å². The molecule has 0 aromatic carbocycles. The molecule has 1 aromatic heterocycles. The largest absolute Gasteiger partial charge is 0.476 e. The van der Waals surface area contributed by atoms with Gasteiger partial charge in [0.2, 0.25) is 10.0 Å². The molecule has 1 rings (SSSR count). The number of nitrogens with one attached hydrogen (secondary N) is 2. The second kappa shape index (κ2) is 4.46. The van der Waals surface area contributed by atoms with E-state index in [2.05, 4.69) is 9.71 Å². The van der Waals surface area contributed by atoms with Crippen LogP contribution in [0.3, 0.4) is 0 Å². The van der Waals surface area contributed by atoms with Gasteiger partial charge in [0.25, 0.3) is 0 Å². The topological polar surface area (TPSA) is 99.3 Å². The van der Waals surface area contributed by atoms with Crippen molar-refractivity contribution >= 4 is 16.0 Å². The van der Waals surface area contributed by atoms with Crippen LogP contribution in [0.15, 0.2) is 4.90 Å². The van der Waals surface area contributed by atoms with Crippen LogP contribution in [0.4, 0.5) is 4.39 Å². The van der Waals surface area contributed by atoms with Gasteiger partial charge >= 0.3 is 5.97 Å². The van der Waals surface area contributed by atoms with Gasteiger partial charge in [-0.25, -0.2) is 22.3 Å². The third-order valence-corrected chi connectivity index (χ3v) is 3.75. The molecular formula is C9H13FN2O4S. The van der Waals surface area contributed by atoms with E-state index in [1.54, 1.807) is 13.8 Å². The van der Waals surface area contributed by atoms with Crippen LogP contribution in [0, 0.1) is 12.7 Å². The number of aromatic nitrogens is 1. The summed E-state index contributed by atoms with van der Waals surface area (Å²) in [6.45, 7) is 4.45. The predicted molar refractivity (Wildman–Crippen MR) is 57.9 cm³/mol. The number of halogens is 1. The summed E-state index contributed by atoms with van der Waals surface area (Å²) < 4.78 is 39.4. The summed E-state index contributed by atoms with van der Waals surface area (Å²) in [5, 5.41) is 8.66. The highest BCUT2D eigenvalue weighted by molar-refractivity contribution is 7.89. The average molecular weight is 264 g/mol. The number of carbonyl (C=O) groups is 1. The van der Waals surface area contributed by atoms with Gasteiger partial charge in [0.1, 0.15) is 4.90 Å². The number of aromatic carboxylic acids is 1. The first-order valence-corrected chi connectivity index (χ1v) is 6.28. The van der Waals surface area contributed by atoms with Gasteiger partial charge in [0, 0.05) is 11.7 Å². The summed E-state index contributed by atoms with van der Waals surface area (Å²) in [5.41, 5.74) is -0.806. The van der Waals surface area contributed by atoms with Crippen LogP contribution in [0.1, 0.15) is 30.0 Å². The fourth-order valence-electron chi connectivity index (χ4n) is 1.41. The van der Waals surface area contributed by atoms with E-state index in [9.17, 15) is 17.6 Å². The normalized spacial score (nSPS) is 12.1. The van der Waals surface area contributed by atoms with Crippen LogP contribution in [-0.4, -0.2) is 30.5 Å². The van der Waals surface area contributed by atoms with E-state index in [1.807, 2.05) is 0 Å². The van der Waals surface area contributed by atoms with Crippen LogP contribution in [0.5, 0.6) is 0 Å². The number of carboxylic acids is 1. The highest BCUT2D eigenvalue weighted by atomic mass is 32.2. The molecule has 0 fully saturated rings. The number of hydrogen-bond acceptors (Lipinski definition) is 3. The second-order valence-corrected chi connectivity index (χ2v) is 5.50. The number of rotatable bonds is 4. The summed E-state index contributed by atoms with van der Waals surface area (Å²) >= 11 is 0. The minimum absolute atomic E-state index is 0.0481. The Labute approximate surface area is 97.9 Å². The molecule has 6 nitrogen and oxygen atoms in total. The SMILES string of the molecule is Cc1[nH]c(C(=O)O)c(F)c1S(=O)(=O)NC(C)C. The second-order valence-electron chi connectivity index (χ2n) is 3.85. The number of sulfonamides is 1. The van der Waals surface area contributed by atoms with Crippen molar-refractivity contribution in [3.05, 3.63) is 17.2 Å². The maximum atomic E-state index is 13.7. The van der Waals surface area contributed by atoms with Crippen LogP contribution in [-0.2, 0) is 10.0 Å². The highest BCUT2D eigenvalue weighted by Crippen LogP contribution is 2.22. The Balaban J connectivity index is 3.38. The number of carboxylic acid groups (broad SMARTS) is 1. The first-order chi connectivity index (χ1) is 7.66. The van der Waals surface area contributed by atoms with Gasteiger partial charge in [-0.15, -0.1) is 0 Å². The zero-order valence-electron chi connectivity index (χ0n) is 9.54. The zero-order valence-corrected chi connectivity index (χ0v) is 10.4. The van der Waals surface area contributed by atoms with Crippen molar-refractivity contribution in [2.75, 3.05) is 0 Å². The van der Waals surface area contributed by atoms with E-state index in [0.717, 1.165) is 0 Å². The van der Waals surface area contributed by atoms with Gasteiger partial charge < -0.3 is 10.1 Å². The lowest BCUT2D eigenvalue weighted by Gasteiger charge is -2.08. The van der Waals surface area contributed by atoms with Crippen molar-refractivity contribution in [3.8, 4) is 0 Å². The van der Waals surface area contributed by atoms with E-state index < -0.39 is 38.4 Å². The summed E-state index contributed by atoms with van der Waals surface area (Å²) in [7, 11) is -4.05. The Hall–Kier alpha value is -1.41. The molecular weight excluding hydrogens is 251 g/mol. The fraction of sp³-hybridized carbons (Fsp3) is 0.444. The number of aromatic amines is 1. The number of hydrogen-bond donors (Lipinski definition) is 3. The third kappa shape index (κ3) is 2.64. The van der Waals surface area contributed by atoms with Crippen LogP contribution >= 0.6 is 0 Å². The standard InChI is InChI=1S/C9H13FN2O4S/c1-4(2)12-17(15,16)8-5(3)11-7(6(8)10)9(13)14/h4,11-12H,1-3H3,(H,13,14). The molecule has 1 heterocycles. The Morgan fingerprint density at radius 2 is 2.00 bits per heavy atom. The fourth-order valence-corrected chi connectivity index (χ4v) is 2.94. The smallest absolute Gasteiger partial charge is 0.355 e. The van der Waals surface area contributed by atoms with Crippen molar-refractivity contribution in [2.45, 2.75) is 31.7 Å². The van der Waals surface area contributed by atoms with E-state index in [0.29, 0.717) is 0 Å². The number of aryl methyl sites for hydroxylation is 1. The molecule has 1 aromatic rings. The number of H-pyrrole nitrogens is 1. The molecule has 0 atom stereocenters. The lowest BCUT2D eigenvalue weighted by molar-refractivity contribution is 0.0685. The Kier molecular flexibility index (Phi) is 3.58. The molecule has 0 radical (unpaired) electrons. The minimum atomic E-state index is -4.05. The van der Waals surface area contributed by atoms with Gasteiger partial charge in [0.05, 0.1) is 0 Å². The van der Waals surface area contributed by atoms with E-state index >= 15 is 0 Å². The van der Waals surface area contributed by atoms with Crippen molar-refractivity contribution < 1.29 is 22.7 Å². The molecule has 0 unspecified atom stereocenters.